The van der Waals surface area contributed by atoms with Gasteiger partial charge in [0.05, 0.1) is 0 Å². The first kappa shape index (κ1) is 12.4. The first-order chi connectivity index (χ1) is 8.54. The summed E-state index contributed by atoms with van der Waals surface area (Å²) in [5.74, 6) is 0. The minimum atomic E-state index is -3.39. The van der Waals surface area contributed by atoms with Gasteiger partial charge in [0.15, 0.2) is 0 Å². The molecule has 0 bridgehead atoms. The lowest BCUT2D eigenvalue weighted by atomic mass is 10.3. The van der Waals surface area contributed by atoms with Gasteiger partial charge in [0, 0.05) is 36.2 Å². The van der Waals surface area contributed by atoms with E-state index >= 15 is 0 Å². The maximum absolute atomic E-state index is 12.1. The van der Waals surface area contributed by atoms with E-state index in [4.69, 9.17) is 5.73 Å². The summed E-state index contributed by atoms with van der Waals surface area (Å²) in [7, 11) is -3.39. The van der Waals surface area contributed by atoms with Crippen molar-refractivity contribution in [3.8, 4) is 0 Å². The fourth-order valence-electron chi connectivity index (χ4n) is 2.40. The second kappa shape index (κ2) is 4.48. The van der Waals surface area contributed by atoms with Gasteiger partial charge in [0.2, 0.25) is 10.0 Å². The van der Waals surface area contributed by atoms with E-state index in [0.29, 0.717) is 15.9 Å². The van der Waals surface area contributed by atoms with Crippen LogP contribution in [-0.2, 0) is 10.0 Å². The van der Waals surface area contributed by atoms with E-state index in [1.807, 2.05) is 0 Å². The molecule has 1 aliphatic carbocycles. The lowest BCUT2D eigenvalue weighted by molar-refractivity contribution is 0.322. The van der Waals surface area contributed by atoms with Crippen LogP contribution in [-0.4, -0.2) is 38.5 Å². The van der Waals surface area contributed by atoms with Gasteiger partial charge in [-0.3, -0.25) is 4.90 Å². The van der Waals surface area contributed by atoms with Crippen LogP contribution in [0.4, 0.5) is 5.69 Å². The highest BCUT2D eigenvalue weighted by Crippen LogP contribution is 2.30. The number of nitrogen functional groups attached to an aromatic ring is 1. The second-order valence-electron chi connectivity index (χ2n) is 5.03. The molecule has 2 aliphatic rings. The van der Waals surface area contributed by atoms with Crippen LogP contribution in [0.15, 0.2) is 15.7 Å². The number of nitrogens with two attached hydrogens (primary N) is 1. The second-order valence-corrected chi connectivity index (χ2v) is 7.88. The molecule has 1 atom stereocenters. The molecule has 1 aromatic rings. The van der Waals surface area contributed by atoms with Crippen molar-refractivity contribution in [3.05, 3.63) is 11.4 Å². The molecule has 18 heavy (non-hydrogen) atoms. The Bertz CT molecular complexity index is 536. The van der Waals surface area contributed by atoms with E-state index in [9.17, 15) is 8.42 Å². The van der Waals surface area contributed by atoms with Gasteiger partial charge in [-0.2, -0.15) is 0 Å². The molecule has 1 aromatic heterocycles. The van der Waals surface area contributed by atoms with Crippen molar-refractivity contribution in [1.29, 1.82) is 0 Å². The number of anilines is 1. The topological polar surface area (TPSA) is 75.4 Å². The Labute approximate surface area is 111 Å². The summed E-state index contributed by atoms with van der Waals surface area (Å²) in [6, 6.07) is 2.26. The van der Waals surface area contributed by atoms with Gasteiger partial charge in [-0.15, -0.1) is 11.3 Å². The van der Waals surface area contributed by atoms with E-state index < -0.39 is 10.0 Å². The van der Waals surface area contributed by atoms with E-state index in [-0.39, 0.29) is 6.04 Å². The maximum Gasteiger partial charge on any atom is 0.250 e. The normalized spacial score (nSPS) is 25.7. The van der Waals surface area contributed by atoms with Gasteiger partial charge in [-0.05, 0) is 25.3 Å². The predicted molar refractivity (Wildman–Crippen MR) is 72.1 cm³/mol. The smallest absolute Gasteiger partial charge is 0.250 e. The van der Waals surface area contributed by atoms with E-state index in [1.165, 1.54) is 30.2 Å². The minimum absolute atomic E-state index is 0.0407. The molecule has 1 aliphatic heterocycles. The monoisotopic (exact) mass is 287 g/mol. The van der Waals surface area contributed by atoms with Gasteiger partial charge in [-0.25, -0.2) is 13.1 Å². The Morgan fingerprint density at radius 2 is 2.17 bits per heavy atom. The molecule has 0 aromatic carbocycles. The lowest BCUT2D eigenvalue weighted by Gasteiger charge is -2.15. The summed E-state index contributed by atoms with van der Waals surface area (Å²) in [4.78, 5) is 2.38. The van der Waals surface area contributed by atoms with Crippen LogP contribution in [0.2, 0.25) is 0 Å². The summed E-state index contributed by atoms with van der Waals surface area (Å²) >= 11 is 1.17. The average molecular weight is 287 g/mol. The summed E-state index contributed by atoms with van der Waals surface area (Å²) in [5, 5.41) is 1.65. The molecule has 2 heterocycles. The Kier molecular flexibility index (Phi) is 3.09. The molecule has 1 saturated heterocycles. The van der Waals surface area contributed by atoms with Crippen LogP contribution in [0, 0.1) is 0 Å². The predicted octanol–water partition coefficient (Wildman–Crippen LogP) is 0.845. The molecule has 0 amide bonds. The Morgan fingerprint density at radius 1 is 1.39 bits per heavy atom. The highest BCUT2D eigenvalue weighted by molar-refractivity contribution is 7.91. The zero-order valence-electron chi connectivity index (χ0n) is 10.0. The number of likely N-dealkylation sites (tertiary alicyclic amines) is 1. The van der Waals surface area contributed by atoms with Crippen LogP contribution in [0.5, 0.6) is 0 Å². The van der Waals surface area contributed by atoms with Crippen LogP contribution in [0.25, 0.3) is 0 Å². The number of thiophene rings is 1. The highest BCUT2D eigenvalue weighted by atomic mass is 32.2. The Hall–Kier alpha value is -0.630. The first-order valence-electron chi connectivity index (χ1n) is 6.15. The summed E-state index contributed by atoms with van der Waals surface area (Å²) < 4.78 is 27.3. The molecular weight excluding hydrogens is 270 g/mol. The van der Waals surface area contributed by atoms with Crippen LogP contribution in [0.1, 0.15) is 19.3 Å². The van der Waals surface area contributed by atoms with E-state index in [2.05, 4.69) is 9.62 Å². The fourth-order valence-corrected chi connectivity index (χ4v) is 4.76. The van der Waals surface area contributed by atoms with Crippen molar-refractivity contribution in [2.75, 3.05) is 18.8 Å². The maximum atomic E-state index is 12.1. The minimum Gasteiger partial charge on any atom is -0.398 e. The molecule has 0 spiro atoms. The third-order valence-electron chi connectivity index (χ3n) is 3.47. The van der Waals surface area contributed by atoms with E-state index in [0.717, 1.165) is 19.5 Å². The summed E-state index contributed by atoms with van der Waals surface area (Å²) in [6.07, 6.45) is 3.43. The average Bonchev–Trinajstić information content (AvgIpc) is 2.89. The Balaban J connectivity index is 1.65. The van der Waals surface area contributed by atoms with E-state index in [1.54, 1.807) is 5.38 Å². The van der Waals surface area contributed by atoms with Crippen molar-refractivity contribution in [2.24, 2.45) is 0 Å². The molecule has 1 saturated carbocycles. The molecule has 1 unspecified atom stereocenters. The highest BCUT2D eigenvalue weighted by Gasteiger charge is 2.35. The van der Waals surface area contributed by atoms with Gasteiger partial charge >= 0.3 is 0 Å². The number of sulfonamides is 1. The number of hydrogen-bond donors (Lipinski definition) is 2. The third kappa shape index (κ3) is 2.54. The Morgan fingerprint density at radius 3 is 2.78 bits per heavy atom. The molecule has 7 heteroatoms. The number of nitrogens with zero attached hydrogens (tertiary/aromatic N) is 1. The molecule has 3 rings (SSSR count). The number of nitrogens with one attached hydrogen (secondary N) is 1. The summed E-state index contributed by atoms with van der Waals surface area (Å²) in [6.45, 7) is 1.84. The van der Waals surface area contributed by atoms with Crippen LogP contribution in [0.3, 0.4) is 0 Å². The largest absolute Gasteiger partial charge is 0.398 e. The SMILES string of the molecule is Nc1csc(S(=O)(=O)NC2CCN(C3CC3)C2)c1. The van der Waals surface area contributed by atoms with Crippen LogP contribution >= 0.6 is 11.3 Å². The first-order valence-corrected chi connectivity index (χ1v) is 8.51. The zero-order valence-corrected chi connectivity index (χ0v) is 11.6. The third-order valence-corrected chi connectivity index (χ3v) is 6.44. The van der Waals surface area contributed by atoms with Crippen molar-refractivity contribution in [2.45, 2.75) is 35.6 Å². The molecule has 100 valence electrons. The molecule has 3 N–H and O–H groups in total. The van der Waals surface area contributed by atoms with Crippen LogP contribution < -0.4 is 10.5 Å². The number of rotatable bonds is 4. The zero-order chi connectivity index (χ0) is 12.8. The fraction of sp³-hybridized carbons (Fsp3) is 0.636. The summed E-state index contributed by atoms with van der Waals surface area (Å²) in [5.41, 5.74) is 6.07. The molecule has 5 nitrogen and oxygen atoms in total. The van der Waals surface area contributed by atoms with Crippen molar-refractivity contribution < 1.29 is 8.42 Å². The van der Waals surface area contributed by atoms with Crippen molar-refractivity contribution in [1.82, 2.24) is 9.62 Å². The van der Waals surface area contributed by atoms with Gasteiger partial charge in [-0.1, -0.05) is 0 Å². The molecule has 0 radical (unpaired) electrons. The van der Waals surface area contributed by atoms with Gasteiger partial charge in [0.1, 0.15) is 4.21 Å². The number of hydrogen-bond acceptors (Lipinski definition) is 5. The molecular formula is C11H17N3O2S2. The van der Waals surface area contributed by atoms with Gasteiger partial charge < -0.3 is 5.73 Å². The lowest BCUT2D eigenvalue weighted by Crippen LogP contribution is -2.37. The van der Waals surface area contributed by atoms with Crippen molar-refractivity contribution in [3.63, 3.8) is 0 Å². The van der Waals surface area contributed by atoms with Gasteiger partial charge in [0.25, 0.3) is 0 Å². The standard InChI is InChI=1S/C11H17N3O2S2/c12-8-5-11(17-7-8)18(15,16)13-9-3-4-14(6-9)10-1-2-10/h5,7,9-10,13H,1-4,6,12H2. The van der Waals surface area contributed by atoms with Crippen molar-refractivity contribution >= 4 is 27.0 Å². The molecule has 2 fully saturated rings. The quantitative estimate of drug-likeness (QED) is 0.860.